The molecule has 0 heterocycles. The standard InChI is InChI=1S/C11H11NO2/c12-11(14)8-4-2-6-9-5-1-3-7-10(9)13/h1-8,13H,(H2,12,14)/b6-2+,8-4-. The van der Waals surface area contributed by atoms with Crippen molar-refractivity contribution >= 4 is 12.0 Å². The Morgan fingerprint density at radius 3 is 2.64 bits per heavy atom. The fraction of sp³-hybridized carbons (Fsp3) is 0. The van der Waals surface area contributed by atoms with Crippen molar-refractivity contribution < 1.29 is 9.90 Å². The maximum Gasteiger partial charge on any atom is 0.241 e. The molecule has 0 aromatic heterocycles. The van der Waals surface area contributed by atoms with E-state index in [1.807, 2.05) is 6.07 Å². The van der Waals surface area contributed by atoms with Crippen LogP contribution in [-0.4, -0.2) is 11.0 Å². The Labute approximate surface area is 82.2 Å². The zero-order valence-electron chi connectivity index (χ0n) is 7.55. The Morgan fingerprint density at radius 2 is 2.00 bits per heavy atom. The van der Waals surface area contributed by atoms with Gasteiger partial charge in [0.25, 0.3) is 0 Å². The fourth-order valence-electron chi connectivity index (χ4n) is 0.938. The molecule has 0 aliphatic rings. The monoisotopic (exact) mass is 189 g/mol. The first-order valence-corrected chi connectivity index (χ1v) is 4.12. The molecule has 3 nitrogen and oxygen atoms in total. The largest absolute Gasteiger partial charge is 0.507 e. The van der Waals surface area contributed by atoms with Gasteiger partial charge >= 0.3 is 0 Å². The number of phenols is 1. The van der Waals surface area contributed by atoms with E-state index in [0.717, 1.165) is 0 Å². The molecule has 0 atom stereocenters. The summed E-state index contributed by atoms with van der Waals surface area (Å²) in [6.07, 6.45) is 6.10. The van der Waals surface area contributed by atoms with Crippen molar-refractivity contribution in [3.05, 3.63) is 48.1 Å². The summed E-state index contributed by atoms with van der Waals surface area (Å²) in [5.41, 5.74) is 5.59. The summed E-state index contributed by atoms with van der Waals surface area (Å²) in [4.78, 5) is 10.3. The first-order chi connectivity index (χ1) is 6.70. The number of amides is 1. The second-order valence-corrected chi connectivity index (χ2v) is 2.68. The van der Waals surface area contributed by atoms with Gasteiger partial charge in [-0.2, -0.15) is 0 Å². The minimum atomic E-state index is -0.494. The molecule has 1 aromatic carbocycles. The lowest BCUT2D eigenvalue weighted by Crippen LogP contribution is -2.04. The van der Waals surface area contributed by atoms with Crippen molar-refractivity contribution in [2.75, 3.05) is 0 Å². The van der Waals surface area contributed by atoms with E-state index < -0.39 is 5.91 Å². The van der Waals surface area contributed by atoms with Gasteiger partial charge in [-0.1, -0.05) is 36.4 Å². The lowest BCUT2D eigenvalue weighted by molar-refractivity contribution is -0.113. The molecule has 72 valence electrons. The van der Waals surface area contributed by atoms with Crippen LogP contribution >= 0.6 is 0 Å². The van der Waals surface area contributed by atoms with E-state index in [9.17, 15) is 9.90 Å². The number of benzene rings is 1. The molecule has 0 unspecified atom stereocenters. The number of phenolic OH excluding ortho intramolecular Hbond substituents is 1. The number of nitrogens with two attached hydrogens (primary N) is 1. The summed E-state index contributed by atoms with van der Waals surface area (Å²) in [6, 6.07) is 6.92. The Morgan fingerprint density at radius 1 is 1.29 bits per heavy atom. The van der Waals surface area contributed by atoms with Gasteiger partial charge in [-0.3, -0.25) is 4.79 Å². The van der Waals surface area contributed by atoms with Crippen LogP contribution in [0, 0.1) is 0 Å². The summed E-state index contributed by atoms with van der Waals surface area (Å²) in [7, 11) is 0. The zero-order chi connectivity index (χ0) is 10.4. The smallest absolute Gasteiger partial charge is 0.241 e. The van der Waals surface area contributed by atoms with Crippen LogP contribution in [0.4, 0.5) is 0 Å². The summed E-state index contributed by atoms with van der Waals surface area (Å²) in [6.45, 7) is 0. The molecular formula is C11H11NO2. The number of carbonyl (C=O) groups excluding carboxylic acids is 1. The number of carbonyl (C=O) groups is 1. The summed E-state index contributed by atoms with van der Waals surface area (Å²) in [5, 5.41) is 9.35. The van der Waals surface area contributed by atoms with Gasteiger partial charge in [0.05, 0.1) is 0 Å². The Hall–Kier alpha value is -2.03. The Balaban J connectivity index is 2.69. The van der Waals surface area contributed by atoms with E-state index >= 15 is 0 Å². The zero-order valence-corrected chi connectivity index (χ0v) is 7.55. The van der Waals surface area contributed by atoms with Crippen LogP contribution < -0.4 is 5.73 Å². The third-order valence-electron chi connectivity index (χ3n) is 1.58. The number of hydrogen-bond donors (Lipinski definition) is 2. The molecule has 3 N–H and O–H groups in total. The summed E-state index contributed by atoms with van der Waals surface area (Å²) < 4.78 is 0. The van der Waals surface area contributed by atoms with Crippen molar-refractivity contribution in [2.45, 2.75) is 0 Å². The Kier molecular flexibility index (Phi) is 3.49. The second-order valence-electron chi connectivity index (χ2n) is 2.68. The minimum absolute atomic E-state index is 0.205. The normalized spacial score (nSPS) is 11.1. The highest BCUT2D eigenvalue weighted by atomic mass is 16.3. The molecule has 0 saturated carbocycles. The summed E-state index contributed by atoms with van der Waals surface area (Å²) >= 11 is 0. The quantitative estimate of drug-likeness (QED) is 0.558. The average Bonchev–Trinajstić information content (AvgIpc) is 2.15. The first-order valence-electron chi connectivity index (χ1n) is 4.12. The highest BCUT2D eigenvalue weighted by Gasteiger charge is 1.91. The predicted octanol–water partition coefficient (Wildman–Crippen LogP) is 1.45. The van der Waals surface area contributed by atoms with Crippen LogP contribution in [0.2, 0.25) is 0 Å². The van der Waals surface area contributed by atoms with Gasteiger partial charge < -0.3 is 10.8 Å². The van der Waals surface area contributed by atoms with Crippen LogP contribution in [0.3, 0.4) is 0 Å². The van der Waals surface area contributed by atoms with E-state index in [0.29, 0.717) is 5.56 Å². The van der Waals surface area contributed by atoms with Crippen molar-refractivity contribution in [2.24, 2.45) is 5.73 Å². The SMILES string of the molecule is NC(=O)/C=C\C=C\c1ccccc1O. The van der Waals surface area contributed by atoms with E-state index in [-0.39, 0.29) is 5.75 Å². The van der Waals surface area contributed by atoms with Crippen LogP contribution in [0.15, 0.2) is 42.5 Å². The molecule has 1 aromatic rings. The highest BCUT2D eigenvalue weighted by molar-refractivity contribution is 5.86. The molecular weight excluding hydrogens is 178 g/mol. The lowest BCUT2D eigenvalue weighted by atomic mass is 10.2. The van der Waals surface area contributed by atoms with Crippen LogP contribution in [0.1, 0.15) is 5.56 Å². The molecule has 0 bridgehead atoms. The number of para-hydroxylation sites is 1. The van der Waals surface area contributed by atoms with Gasteiger partial charge in [-0.05, 0) is 6.07 Å². The van der Waals surface area contributed by atoms with E-state index in [1.165, 1.54) is 12.2 Å². The van der Waals surface area contributed by atoms with Gasteiger partial charge in [0.15, 0.2) is 0 Å². The molecule has 0 radical (unpaired) electrons. The number of hydrogen-bond acceptors (Lipinski definition) is 2. The Bertz CT molecular complexity index is 381. The number of primary amides is 1. The van der Waals surface area contributed by atoms with Gasteiger partial charge in [0.1, 0.15) is 5.75 Å². The molecule has 0 aliphatic carbocycles. The van der Waals surface area contributed by atoms with Gasteiger partial charge in [0.2, 0.25) is 5.91 Å². The van der Waals surface area contributed by atoms with Crippen molar-refractivity contribution in [1.29, 1.82) is 0 Å². The van der Waals surface area contributed by atoms with Gasteiger partial charge in [-0.15, -0.1) is 0 Å². The second kappa shape index (κ2) is 4.87. The number of aromatic hydroxyl groups is 1. The van der Waals surface area contributed by atoms with Crippen molar-refractivity contribution in [3.8, 4) is 5.75 Å². The number of rotatable bonds is 3. The molecule has 0 spiro atoms. The van der Waals surface area contributed by atoms with E-state index in [1.54, 1.807) is 30.4 Å². The van der Waals surface area contributed by atoms with Crippen LogP contribution in [0.25, 0.3) is 6.08 Å². The molecule has 14 heavy (non-hydrogen) atoms. The first kappa shape index (κ1) is 10.1. The molecule has 0 fully saturated rings. The van der Waals surface area contributed by atoms with Gasteiger partial charge in [-0.25, -0.2) is 0 Å². The highest BCUT2D eigenvalue weighted by Crippen LogP contribution is 2.16. The van der Waals surface area contributed by atoms with Crippen molar-refractivity contribution in [1.82, 2.24) is 0 Å². The van der Waals surface area contributed by atoms with E-state index in [2.05, 4.69) is 0 Å². The molecule has 3 heteroatoms. The molecule has 1 amide bonds. The van der Waals surface area contributed by atoms with Crippen LogP contribution in [0.5, 0.6) is 5.75 Å². The molecule has 0 aliphatic heterocycles. The maximum atomic E-state index is 10.3. The fourth-order valence-corrected chi connectivity index (χ4v) is 0.938. The average molecular weight is 189 g/mol. The summed E-state index contributed by atoms with van der Waals surface area (Å²) in [5.74, 6) is -0.289. The maximum absolute atomic E-state index is 10.3. The van der Waals surface area contributed by atoms with E-state index in [4.69, 9.17) is 5.73 Å². The lowest BCUT2D eigenvalue weighted by Gasteiger charge is -1.95. The molecule has 0 saturated heterocycles. The van der Waals surface area contributed by atoms with Crippen LogP contribution in [-0.2, 0) is 4.79 Å². The van der Waals surface area contributed by atoms with Gasteiger partial charge in [0, 0.05) is 11.6 Å². The third-order valence-corrected chi connectivity index (χ3v) is 1.58. The number of allylic oxidation sites excluding steroid dienone is 2. The minimum Gasteiger partial charge on any atom is -0.507 e. The topological polar surface area (TPSA) is 63.3 Å². The molecule has 1 rings (SSSR count). The third kappa shape index (κ3) is 3.15. The predicted molar refractivity (Wildman–Crippen MR) is 55.5 cm³/mol. The van der Waals surface area contributed by atoms with Crippen molar-refractivity contribution in [3.63, 3.8) is 0 Å².